The molecule has 0 unspecified atom stereocenters. The fourth-order valence-corrected chi connectivity index (χ4v) is 4.69. The van der Waals surface area contributed by atoms with Crippen molar-refractivity contribution in [3.05, 3.63) is 18.6 Å². The monoisotopic (exact) mass is 353 g/mol. The Hall–Kier alpha value is -1.67. The van der Waals surface area contributed by atoms with Crippen molar-refractivity contribution in [1.29, 1.82) is 0 Å². The van der Waals surface area contributed by atoms with E-state index in [1.807, 2.05) is 12.3 Å². The van der Waals surface area contributed by atoms with Crippen LogP contribution in [-0.2, 0) is 10.0 Å². The first-order valence-electron chi connectivity index (χ1n) is 8.29. The summed E-state index contributed by atoms with van der Waals surface area (Å²) in [6, 6.07) is 2.38. The van der Waals surface area contributed by atoms with Crippen LogP contribution >= 0.6 is 0 Å². The summed E-state index contributed by atoms with van der Waals surface area (Å²) >= 11 is 0. The topological polar surface area (TPSA) is 82.2 Å². The Kier molecular flexibility index (Phi) is 4.78. The van der Waals surface area contributed by atoms with Crippen molar-refractivity contribution in [2.24, 2.45) is 5.92 Å². The lowest BCUT2D eigenvalue weighted by atomic mass is 9.86. The Balaban J connectivity index is 0.00000225. The highest BCUT2D eigenvalue weighted by Gasteiger charge is 2.29. The number of H-pyrrole nitrogens is 1. The molecule has 134 valence electrons. The van der Waals surface area contributed by atoms with Crippen molar-refractivity contribution < 1.29 is 9.84 Å². The predicted octanol–water partition coefficient (Wildman–Crippen LogP) is 2.09. The van der Waals surface area contributed by atoms with Gasteiger partial charge < -0.3 is 9.88 Å². The Bertz CT molecular complexity index is 800. The van der Waals surface area contributed by atoms with Gasteiger partial charge in [0.15, 0.2) is 0 Å². The Labute approximate surface area is 144 Å². The average Bonchev–Trinajstić information content (AvgIpc) is 3.03. The summed E-state index contributed by atoms with van der Waals surface area (Å²) in [5, 5.41) is 1.03. The zero-order chi connectivity index (χ0) is 17.3. The Morgan fingerprint density at radius 1 is 1.21 bits per heavy atom. The van der Waals surface area contributed by atoms with Gasteiger partial charge in [-0.1, -0.05) is 0 Å². The molecule has 0 atom stereocenters. The molecule has 1 aliphatic carbocycles. The van der Waals surface area contributed by atoms with Gasteiger partial charge in [-0.3, -0.25) is 0 Å². The first kappa shape index (κ1) is 17.2. The van der Waals surface area contributed by atoms with E-state index in [-0.39, 0.29) is 13.1 Å². The number of nitrogens with zero attached hydrogens (tertiary/aromatic N) is 4. The minimum Gasteiger partial charge on any atom is -0.356 e. The molecule has 24 heavy (non-hydrogen) atoms. The molecule has 0 radical (unpaired) electrons. The summed E-state index contributed by atoms with van der Waals surface area (Å²) in [6.45, 7) is 0. The van der Waals surface area contributed by atoms with E-state index in [9.17, 15) is 8.42 Å². The number of fused-ring (bicyclic) bond motifs is 1. The van der Waals surface area contributed by atoms with Gasteiger partial charge >= 0.3 is 0 Å². The van der Waals surface area contributed by atoms with Gasteiger partial charge in [0.1, 0.15) is 17.8 Å². The van der Waals surface area contributed by atoms with Crippen LogP contribution in [-0.4, -0.2) is 60.6 Å². The van der Waals surface area contributed by atoms with Gasteiger partial charge in [0.05, 0.1) is 11.1 Å². The van der Waals surface area contributed by atoms with Gasteiger partial charge in [-0.2, -0.15) is 0 Å². The summed E-state index contributed by atoms with van der Waals surface area (Å²) in [4.78, 5) is 14.0. The van der Waals surface area contributed by atoms with Crippen LogP contribution < -0.4 is 4.90 Å². The first-order valence-corrected chi connectivity index (χ1v) is 9.90. The van der Waals surface area contributed by atoms with Crippen molar-refractivity contribution in [2.75, 3.05) is 31.8 Å². The molecule has 0 aliphatic heterocycles. The lowest BCUT2D eigenvalue weighted by Crippen LogP contribution is -2.38. The van der Waals surface area contributed by atoms with E-state index in [4.69, 9.17) is 0 Å². The van der Waals surface area contributed by atoms with E-state index in [1.54, 1.807) is 20.4 Å². The van der Waals surface area contributed by atoms with Gasteiger partial charge in [0.2, 0.25) is 10.0 Å². The fraction of sp³-hybridized carbons (Fsp3) is 0.625. The first-order chi connectivity index (χ1) is 11.4. The maximum atomic E-state index is 12.0. The minimum absolute atomic E-state index is 0. The van der Waals surface area contributed by atoms with Crippen molar-refractivity contribution >= 4 is 26.9 Å². The highest BCUT2D eigenvalue weighted by molar-refractivity contribution is 7.89. The van der Waals surface area contributed by atoms with Crippen molar-refractivity contribution in [3.63, 3.8) is 0 Å². The number of hydrogen-bond donors (Lipinski definition) is 1. The van der Waals surface area contributed by atoms with Crippen LogP contribution in [0.1, 0.15) is 27.1 Å². The maximum absolute atomic E-state index is 12.0. The molecule has 0 bridgehead atoms. The standard InChI is InChI=1S/C16H25N5O2S.H2/c1-20(2)24(22,23)10-12-4-6-13(7-5-12)21(3)16-14-8-9-17-15(14)18-11-19-16;/h8-9,11-13H,4-7,10H2,1-3H3,(H,17,18,19);1H. The van der Waals surface area contributed by atoms with Gasteiger partial charge in [0.25, 0.3) is 0 Å². The van der Waals surface area contributed by atoms with E-state index in [2.05, 4.69) is 26.9 Å². The molecule has 0 amide bonds. The summed E-state index contributed by atoms with van der Waals surface area (Å²) in [6.07, 6.45) is 7.30. The fourth-order valence-electron chi connectivity index (χ4n) is 3.46. The second kappa shape index (κ2) is 6.68. The van der Waals surface area contributed by atoms with E-state index < -0.39 is 10.0 Å². The Morgan fingerprint density at radius 2 is 1.92 bits per heavy atom. The molecule has 7 nitrogen and oxygen atoms in total. The Morgan fingerprint density at radius 3 is 2.58 bits per heavy atom. The van der Waals surface area contributed by atoms with E-state index in [1.165, 1.54) is 4.31 Å². The number of sulfonamides is 1. The van der Waals surface area contributed by atoms with Crippen molar-refractivity contribution in [1.82, 2.24) is 19.3 Å². The second-order valence-electron chi connectivity index (χ2n) is 6.78. The zero-order valence-corrected chi connectivity index (χ0v) is 15.3. The molecular formula is C16H27N5O2S. The number of hydrogen-bond acceptors (Lipinski definition) is 5. The highest BCUT2D eigenvalue weighted by Crippen LogP contribution is 2.32. The molecule has 1 N–H and O–H groups in total. The molecule has 1 aliphatic rings. The van der Waals surface area contributed by atoms with E-state index >= 15 is 0 Å². The average molecular weight is 353 g/mol. The van der Waals surface area contributed by atoms with Crippen LogP contribution in [0.5, 0.6) is 0 Å². The SMILES string of the molecule is CN(c1ncnc2[nH]ccc12)C1CCC(CS(=O)(=O)N(C)C)CC1.[HH]. The van der Waals surface area contributed by atoms with Gasteiger partial charge in [0, 0.05) is 34.8 Å². The van der Waals surface area contributed by atoms with Crippen LogP contribution in [0.25, 0.3) is 11.0 Å². The molecule has 8 heteroatoms. The van der Waals surface area contributed by atoms with Crippen molar-refractivity contribution in [2.45, 2.75) is 31.7 Å². The highest BCUT2D eigenvalue weighted by atomic mass is 32.2. The normalized spacial score (nSPS) is 22.2. The molecule has 2 heterocycles. The molecule has 2 aromatic heterocycles. The van der Waals surface area contributed by atoms with Crippen LogP contribution in [0.15, 0.2) is 18.6 Å². The quantitative estimate of drug-likeness (QED) is 0.890. The number of aromatic amines is 1. The maximum Gasteiger partial charge on any atom is 0.213 e. The molecule has 0 spiro atoms. The second-order valence-corrected chi connectivity index (χ2v) is 9.01. The molecule has 0 saturated heterocycles. The summed E-state index contributed by atoms with van der Waals surface area (Å²) in [5.74, 6) is 1.44. The summed E-state index contributed by atoms with van der Waals surface area (Å²) in [7, 11) is 2.16. The van der Waals surface area contributed by atoms with Crippen LogP contribution in [0.2, 0.25) is 0 Å². The third-order valence-electron chi connectivity index (χ3n) is 5.03. The molecule has 0 aromatic carbocycles. The molecule has 3 rings (SSSR count). The van der Waals surface area contributed by atoms with Crippen molar-refractivity contribution in [3.8, 4) is 0 Å². The number of aromatic nitrogens is 3. The lowest BCUT2D eigenvalue weighted by Gasteiger charge is -2.35. The van der Waals surface area contributed by atoms with Gasteiger partial charge in [-0.15, -0.1) is 0 Å². The molecule has 1 saturated carbocycles. The smallest absolute Gasteiger partial charge is 0.213 e. The molecule has 1 fully saturated rings. The third kappa shape index (κ3) is 3.39. The van der Waals surface area contributed by atoms with Crippen LogP contribution in [0.4, 0.5) is 5.82 Å². The number of nitrogens with one attached hydrogen (secondary N) is 1. The molecular weight excluding hydrogens is 326 g/mol. The van der Waals surface area contributed by atoms with Crippen LogP contribution in [0, 0.1) is 5.92 Å². The van der Waals surface area contributed by atoms with E-state index in [0.717, 1.165) is 42.5 Å². The number of anilines is 1. The van der Waals surface area contributed by atoms with Gasteiger partial charge in [-0.25, -0.2) is 22.7 Å². The summed E-state index contributed by atoms with van der Waals surface area (Å²) in [5.41, 5.74) is 0.845. The minimum atomic E-state index is -3.11. The predicted molar refractivity (Wildman–Crippen MR) is 97.6 cm³/mol. The number of rotatable bonds is 5. The largest absolute Gasteiger partial charge is 0.356 e. The molecule has 2 aromatic rings. The zero-order valence-electron chi connectivity index (χ0n) is 14.4. The third-order valence-corrected chi connectivity index (χ3v) is 7.04. The van der Waals surface area contributed by atoms with Gasteiger partial charge in [-0.05, 0) is 37.7 Å². The van der Waals surface area contributed by atoms with E-state index in [0.29, 0.717) is 6.04 Å². The lowest BCUT2D eigenvalue weighted by molar-refractivity contribution is 0.337. The van der Waals surface area contributed by atoms with Crippen LogP contribution in [0.3, 0.4) is 0 Å². The summed E-state index contributed by atoms with van der Waals surface area (Å²) < 4.78 is 25.4.